The average molecular weight is 458 g/mol. The number of nitrogens with one attached hydrogen (secondary N) is 1. The van der Waals surface area contributed by atoms with Gasteiger partial charge in [-0.05, 0) is 42.9 Å². The SMILES string of the molecule is CC1=CCC(C(=O)[O-])(C(=O)NN=CC2C(=O)CC(C)(C)CC2=O)CC1c1ccc(Cl)cc1. The minimum Gasteiger partial charge on any atom is -0.549 e. The molecule has 3 rings (SSSR count). The van der Waals surface area contributed by atoms with Crippen molar-refractivity contribution in [3.05, 3.63) is 46.5 Å². The molecule has 1 saturated carbocycles. The molecule has 1 aromatic carbocycles. The third-order valence-electron chi connectivity index (χ3n) is 6.36. The van der Waals surface area contributed by atoms with Gasteiger partial charge in [-0.1, -0.05) is 49.2 Å². The van der Waals surface area contributed by atoms with Crippen molar-refractivity contribution in [1.29, 1.82) is 0 Å². The second-order valence-electron chi connectivity index (χ2n) is 9.48. The molecule has 0 bridgehead atoms. The van der Waals surface area contributed by atoms with Crippen molar-refractivity contribution in [3.8, 4) is 0 Å². The van der Waals surface area contributed by atoms with Crippen molar-refractivity contribution in [2.45, 2.75) is 52.4 Å². The number of carboxylic acid groups (broad SMARTS) is 1. The molecular formula is C24H26ClN2O5-. The van der Waals surface area contributed by atoms with Gasteiger partial charge in [0.05, 0.1) is 11.4 Å². The van der Waals surface area contributed by atoms with E-state index in [1.165, 1.54) is 0 Å². The van der Waals surface area contributed by atoms with Crippen LogP contribution < -0.4 is 10.5 Å². The third-order valence-corrected chi connectivity index (χ3v) is 6.61. The van der Waals surface area contributed by atoms with Gasteiger partial charge in [0.2, 0.25) is 0 Å². The minimum absolute atomic E-state index is 0.00384. The van der Waals surface area contributed by atoms with Crippen molar-refractivity contribution < 1.29 is 24.3 Å². The van der Waals surface area contributed by atoms with E-state index >= 15 is 0 Å². The number of allylic oxidation sites excluding steroid dienone is 2. The van der Waals surface area contributed by atoms with Gasteiger partial charge in [-0.25, -0.2) is 5.43 Å². The van der Waals surface area contributed by atoms with Crippen LogP contribution in [-0.4, -0.2) is 29.7 Å². The lowest BCUT2D eigenvalue weighted by Crippen LogP contribution is -2.53. The van der Waals surface area contributed by atoms with Gasteiger partial charge < -0.3 is 9.90 Å². The Morgan fingerprint density at radius 3 is 2.31 bits per heavy atom. The van der Waals surface area contributed by atoms with E-state index in [9.17, 15) is 24.3 Å². The molecule has 1 aromatic rings. The van der Waals surface area contributed by atoms with Crippen molar-refractivity contribution in [2.24, 2.45) is 21.8 Å². The normalized spacial score (nSPS) is 26.1. The molecule has 0 heterocycles. The quantitative estimate of drug-likeness (QED) is 0.316. The molecule has 0 aromatic heterocycles. The summed E-state index contributed by atoms with van der Waals surface area (Å²) in [5.74, 6) is -4.21. The zero-order valence-electron chi connectivity index (χ0n) is 18.3. The Labute approximate surface area is 191 Å². The van der Waals surface area contributed by atoms with Gasteiger partial charge in [0.15, 0.2) is 0 Å². The molecule has 7 nitrogen and oxygen atoms in total. The maximum atomic E-state index is 12.9. The monoisotopic (exact) mass is 457 g/mol. The highest BCUT2D eigenvalue weighted by Gasteiger charge is 2.44. The highest BCUT2D eigenvalue weighted by molar-refractivity contribution is 6.30. The van der Waals surface area contributed by atoms with Crippen molar-refractivity contribution in [3.63, 3.8) is 0 Å². The number of carbonyl (C=O) groups excluding carboxylic acids is 4. The van der Waals surface area contributed by atoms with Crippen LogP contribution >= 0.6 is 11.6 Å². The molecule has 170 valence electrons. The molecule has 1 amide bonds. The fraction of sp³-hybridized carbons (Fsp3) is 0.458. The number of halogens is 1. The molecule has 2 atom stereocenters. The summed E-state index contributed by atoms with van der Waals surface area (Å²) in [7, 11) is 0. The Bertz CT molecular complexity index is 992. The molecule has 2 aliphatic carbocycles. The van der Waals surface area contributed by atoms with Gasteiger partial charge in [-0.15, -0.1) is 0 Å². The lowest BCUT2D eigenvalue weighted by Gasteiger charge is -2.39. The first-order valence-electron chi connectivity index (χ1n) is 10.5. The van der Waals surface area contributed by atoms with E-state index < -0.39 is 28.6 Å². The number of benzene rings is 1. The van der Waals surface area contributed by atoms with Crippen molar-refractivity contribution in [1.82, 2.24) is 5.43 Å². The molecule has 0 spiro atoms. The number of carboxylic acids is 1. The Balaban J connectivity index is 1.78. The first kappa shape index (κ1) is 23.9. The van der Waals surface area contributed by atoms with Gasteiger partial charge in [-0.3, -0.25) is 14.4 Å². The molecule has 0 saturated heterocycles. The lowest BCUT2D eigenvalue weighted by molar-refractivity contribution is -0.317. The highest BCUT2D eigenvalue weighted by Crippen LogP contribution is 2.44. The number of amides is 1. The van der Waals surface area contributed by atoms with Crippen LogP contribution in [0.3, 0.4) is 0 Å². The van der Waals surface area contributed by atoms with Crippen LogP contribution in [-0.2, 0) is 19.2 Å². The summed E-state index contributed by atoms with van der Waals surface area (Å²) in [4.78, 5) is 49.6. The summed E-state index contributed by atoms with van der Waals surface area (Å²) in [6.07, 6.45) is 3.25. The van der Waals surface area contributed by atoms with Gasteiger partial charge >= 0.3 is 0 Å². The summed E-state index contributed by atoms with van der Waals surface area (Å²) in [6, 6.07) is 7.02. The van der Waals surface area contributed by atoms with Crippen LogP contribution in [0.15, 0.2) is 41.0 Å². The summed E-state index contributed by atoms with van der Waals surface area (Å²) in [6.45, 7) is 5.57. The maximum absolute atomic E-state index is 12.9. The van der Waals surface area contributed by atoms with E-state index in [1.807, 2.05) is 20.8 Å². The summed E-state index contributed by atoms with van der Waals surface area (Å²) in [5.41, 5.74) is 1.79. The number of Topliss-reactive ketones (excluding diaryl/α,β-unsaturated/α-hetero) is 2. The number of hydrazone groups is 1. The Hall–Kier alpha value is -2.80. The second-order valence-corrected chi connectivity index (χ2v) is 9.91. The van der Waals surface area contributed by atoms with Crippen LogP contribution in [0, 0.1) is 16.7 Å². The summed E-state index contributed by atoms with van der Waals surface area (Å²) < 4.78 is 0. The molecule has 32 heavy (non-hydrogen) atoms. The molecule has 0 aliphatic heterocycles. The predicted molar refractivity (Wildman–Crippen MR) is 118 cm³/mol. The molecular weight excluding hydrogens is 432 g/mol. The maximum Gasteiger partial charge on any atom is 0.252 e. The first-order chi connectivity index (χ1) is 14.9. The van der Waals surface area contributed by atoms with Gasteiger partial charge in [-0.2, -0.15) is 5.10 Å². The number of hydrogen-bond donors (Lipinski definition) is 1. The standard InChI is InChI=1S/C24H27ClN2O5/c1-14-8-9-24(22(31)32,10-17(14)15-4-6-16(25)7-5-15)21(30)27-26-13-18-19(28)11-23(2,3)12-20(18)29/h4-8,13,17-18H,9-12H2,1-3H3,(H,27,30)(H,31,32)/p-1. The topological polar surface area (TPSA) is 116 Å². The Kier molecular flexibility index (Phi) is 6.69. The van der Waals surface area contributed by atoms with Gasteiger partial charge in [0.25, 0.3) is 5.91 Å². The number of carbonyl (C=O) groups is 4. The number of nitrogens with zero attached hydrogens (tertiary/aromatic N) is 1. The van der Waals surface area contributed by atoms with E-state index in [0.717, 1.165) is 17.4 Å². The van der Waals surface area contributed by atoms with E-state index in [2.05, 4.69) is 10.5 Å². The first-order valence-corrected chi connectivity index (χ1v) is 10.9. The largest absolute Gasteiger partial charge is 0.549 e. The fourth-order valence-corrected chi connectivity index (χ4v) is 4.57. The summed E-state index contributed by atoms with van der Waals surface area (Å²) >= 11 is 5.95. The molecule has 8 heteroatoms. The van der Waals surface area contributed by atoms with Crippen molar-refractivity contribution in [2.75, 3.05) is 0 Å². The smallest absolute Gasteiger partial charge is 0.252 e. The minimum atomic E-state index is -1.83. The molecule has 0 radical (unpaired) electrons. The Morgan fingerprint density at radius 2 is 1.75 bits per heavy atom. The van der Waals surface area contributed by atoms with Crippen LogP contribution in [0.4, 0.5) is 0 Å². The summed E-state index contributed by atoms with van der Waals surface area (Å²) in [5, 5.41) is 16.4. The van der Waals surface area contributed by atoms with Crippen LogP contribution in [0.2, 0.25) is 5.02 Å². The molecule has 2 unspecified atom stereocenters. The lowest BCUT2D eigenvalue weighted by atomic mass is 9.68. The van der Waals surface area contributed by atoms with Crippen LogP contribution in [0.1, 0.15) is 57.9 Å². The number of hydrogen-bond acceptors (Lipinski definition) is 6. The second kappa shape index (κ2) is 8.98. The molecule has 1 N–H and O–H groups in total. The third kappa shape index (κ3) is 4.83. The zero-order valence-corrected chi connectivity index (χ0v) is 19.1. The predicted octanol–water partition coefficient (Wildman–Crippen LogP) is 2.58. The van der Waals surface area contributed by atoms with Gasteiger partial charge in [0.1, 0.15) is 17.5 Å². The Morgan fingerprint density at radius 1 is 1.16 bits per heavy atom. The highest BCUT2D eigenvalue weighted by atomic mass is 35.5. The molecule has 2 aliphatic rings. The van der Waals surface area contributed by atoms with Crippen molar-refractivity contribution >= 4 is 41.3 Å². The number of rotatable bonds is 5. The average Bonchev–Trinajstić information content (AvgIpc) is 2.70. The van der Waals surface area contributed by atoms with E-state index in [-0.39, 0.29) is 43.2 Å². The van der Waals surface area contributed by atoms with E-state index in [0.29, 0.717) is 5.02 Å². The number of ketones is 2. The fourth-order valence-electron chi connectivity index (χ4n) is 4.44. The zero-order chi connectivity index (χ0) is 23.7. The van der Waals surface area contributed by atoms with Gasteiger partial charge in [0, 0.05) is 30.0 Å². The van der Waals surface area contributed by atoms with Crippen LogP contribution in [0.25, 0.3) is 0 Å². The van der Waals surface area contributed by atoms with Crippen LogP contribution in [0.5, 0.6) is 0 Å². The van der Waals surface area contributed by atoms with E-state index in [1.54, 1.807) is 30.3 Å². The number of aliphatic carboxylic acids is 1. The van der Waals surface area contributed by atoms with E-state index in [4.69, 9.17) is 11.6 Å². The molecule has 1 fully saturated rings.